The number of nitrogens with one attached hydrogen (secondary N) is 1. The van der Waals surface area contributed by atoms with Crippen LogP contribution in [-0.4, -0.2) is 12.5 Å². The van der Waals surface area contributed by atoms with Crippen molar-refractivity contribution in [3.63, 3.8) is 0 Å². The number of rotatable bonds is 7. The summed E-state index contributed by atoms with van der Waals surface area (Å²) >= 11 is 5.93. The van der Waals surface area contributed by atoms with Crippen LogP contribution in [0.5, 0.6) is 0 Å². The van der Waals surface area contributed by atoms with E-state index in [0.717, 1.165) is 28.3 Å². The summed E-state index contributed by atoms with van der Waals surface area (Å²) in [6.07, 6.45) is 0.794. The fourth-order valence-corrected chi connectivity index (χ4v) is 3.13. The van der Waals surface area contributed by atoms with E-state index in [9.17, 15) is 4.79 Å². The van der Waals surface area contributed by atoms with E-state index in [4.69, 9.17) is 11.6 Å². The first-order valence-electron chi connectivity index (χ1n) is 9.12. The number of halogens is 1. The van der Waals surface area contributed by atoms with Gasteiger partial charge in [-0.05, 0) is 42.7 Å². The highest BCUT2D eigenvalue weighted by atomic mass is 35.5. The first-order valence-corrected chi connectivity index (χ1v) is 9.50. The molecule has 0 aliphatic carbocycles. The Morgan fingerprint density at radius 1 is 0.963 bits per heavy atom. The topological polar surface area (TPSA) is 45.7 Å². The van der Waals surface area contributed by atoms with Crippen LogP contribution in [0.15, 0.2) is 78.9 Å². The lowest BCUT2D eigenvalue weighted by molar-refractivity contribution is -0.682. The highest BCUT2D eigenvalue weighted by Crippen LogP contribution is 2.19. The second-order valence-corrected chi connectivity index (χ2v) is 7.08. The number of hydrogen-bond acceptors (Lipinski definition) is 1. The van der Waals surface area contributed by atoms with E-state index in [1.165, 1.54) is 5.56 Å². The lowest BCUT2D eigenvalue weighted by Crippen LogP contribution is -2.86. The number of anilines is 1. The quantitative estimate of drug-likeness (QED) is 0.635. The van der Waals surface area contributed by atoms with E-state index < -0.39 is 0 Å². The maximum absolute atomic E-state index is 12.4. The van der Waals surface area contributed by atoms with Crippen molar-refractivity contribution in [2.45, 2.75) is 19.4 Å². The summed E-state index contributed by atoms with van der Waals surface area (Å²) in [7, 11) is 0. The van der Waals surface area contributed by atoms with E-state index in [1.807, 2.05) is 66.0 Å². The Bertz CT molecular complexity index is 878. The number of carbonyl (C=O) groups is 1. The van der Waals surface area contributed by atoms with Gasteiger partial charge in [-0.2, -0.15) is 0 Å². The van der Waals surface area contributed by atoms with Crippen LogP contribution in [-0.2, 0) is 11.2 Å². The second kappa shape index (κ2) is 9.36. The molecule has 0 saturated heterocycles. The molecule has 0 spiro atoms. The molecule has 0 aromatic heterocycles. The minimum atomic E-state index is -0.00340. The van der Waals surface area contributed by atoms with Crippen molar-refractivity contribution in [1.29, 1.82) is 0 Å². The van der Waals surface area contributed by atoms with Gasteiger partial charge < -0.3 is 10.6 Å². The molecule has 3 nitrogen and oxygen atoms in total. The van der Waals surface area contributed by atoms with E-state index in [0.29, 0.717) is 6.54 Å². The number of hydrogen-bond donors (Lipinski definition) is 2. The highest BCUT2D eigenvalue weighted by molar-refractivity contribution is 6.30. The van der Waals surface area contributed by atoms with Crippen LogP contribution in [0.1, 0.15) is 29.7 Å². The van der Waals surface area contributed by atoms with Gasteiger partial charge in [-0.25, -0.2) is 0 Å². The van der Waals surface area contributed by atoms with E-state index >= 15 is 0 Å². The van der Waals surface area contributed by atoms with Crippen molar-refractivity contribution in [1.82, 2.24) is 0 Å². The van der Waals surface area contributed by atoms with Crippen molar-refractivity contribution >= 4 is 23.2 Å². The zero-order valence-electron chi connectivity index (χ0n) is 15.4. The Labute approximate surface area is 165 Å². The van der Waals surface area contributed by atoms with Gasteiger partial charge in [0.05, 0.1) is 0 Å². The second-order valence-electron chi connectivity index (χ2n) is 6.65. The molecule has 3 N–H and O–H groups in total. The fourth-order valence-electron chi connectivity index (χ4n) is 3.00. The molecule has 1 atom stereocenters. The molecule has 0 saturated carbocycles. The van der Waals surface area contributed by atoms with Gasteiger partial charge in [0.25, 0.3) is 5.91 Å². The maximum atomic E-state index is 12.4. The summed E-state index contributed by atoms with van der Waals surface area (Å²) in [4.78, 5) is 12.4. The molecule has 0 aliphatic rings. The van der Waals surface area contributed by atoms with Gasteiger partial charge in [0, 0.05) is 16.3 Å². The Morgan fingerprint density at radius 2 is 1.63 bits per heavy atom. The van der Waals surface area contributed by atoms with Crippen molar-refractivity contribution in [2.75, 3.05) is 11.9 Å². The summed E-state index contributed by atoms with van der Waals surface area (Å²) < 4.78 is 0. The van der Waals surface area contributed by atoms with Crippen LogP contribution in [0.25, 0.3) is 0 Å². The third-order valence-corrected chi connectivity index (χ3v) is 4.83. The number of amides is 1. The summed E-state index contributed by atoms with van der Waals surface area (Å²) in [5.41, 5.74) is 4.36. The first kappa shape index (κ1) is 19.2. The largest absolute Gasteiger partial charge is 0.333 e. The molecular formula is C23H24ClN2O+. The van der Waals surface area contributed by atoms with Gasteiger partial charge >= 0.3 is 0 Å². The van der Waals surface area contributed by atoms with Gasteiger partial charge in [-0.3, -0.25) is 4.79 Å². The van der Waals surface area contributed by atoms with Gasteiger partial charge in [0.15, 0.2) is 6.54 Å². The monoisotopic (exact) mass is 379 g/mol. The van der Waals surface area contributed by atoms with Crippen LogP contribution < -0.4 is 10.6 Å². The van der Waals surface area contributed by atoms with Crippen LogP contribution in [0.3, 0.4) is 0 Å². The predicted molar refractivity (Wildman–Crippen MR) is 111 cm³/mol. The first-order chi connectivity index (χ1) is 13.1. The standard InChI is InChI=1S/C23H23ClN2O/c1-17(19-11-13-21(24)14-12-19)25-16-23(27)26-22-10-6-5-9-20(22)15-18-7-3-2-4-8-18/h2-14,17,25H,15-16H2,1H3,(H,26,27)/p+1/t17-/m1/s1. The van der Waals surface area contributed by atoms with E-state index in [2.05, 4.69) is 30.4 Å². The minimum Gasteiger partial charge on any atom is -0.333 e. The molecule has 0 radical (unpaired) electrons. The molecule has 0 heterocycles. The molecule has 3 rings (SSSR count). The average molecular weight is 380 g/mol. The number of para-hydroxylation sites is 1. The Balaban J connectivity index is 1.58. The van der Waals surface area contributed by atoms with Crippen molar-refractivity contribution in [2.24, 2.45) is 0 Å². The third kappa shape index (κ3) is 5.68. The van der Waals surface area contributed by atoms with Gasteiger partial charge in [0.2, 0.25) is 0 Å². The van der Waals surface area contributed by atoms with Gasteiger partial charge in [0.1, 0.15) is 6.04 Å². The minimum absolute atomic E-state index is 0.00340. The molecule has 3 aromatic rings. The third-order valence-electron chi connectivity index (χ3n) is 4.58. The van der Waals surface area contributed by atoms with Crippen molar-refractivity contribution < 1.29 is 10.1 Å². The molecular weight excluding hydrogens is 356 g/mol. The lowest BCUT2D eigenvalue weighted by atomic mass is 10.0. The highest BCUT2D eigenvalue weighted by Gasteiger charge is 2.13. The van der Waals surface area contributed by atoms with Crippen LogP contribution >= 0.6 is 11.6 Å². The molecule has 27 heavy (non-hydrogen) atoms. The lowest BCUT2D eigenvalue weighted by Gasteiger charge is -2.13. The molecule has 0 unspecified atom stereocenters. The summed E-state index contributed by atoms with van der Waals surface area (Å²) in [6, 6.07) is 26.2. The molecule has 0 aliphatic heterocycles. The summed E-state index contributed by atoms with van der Waals surface area (Å²) in [6.45, 7) is 2.45. The Morgan fingerprint density at radius 3 is 2.37 bits per heavy atom. The number of benzene rings is 3. The smallest absolute Gasteiger partial charge is 0.279 e. The maximum Gasteiger partial charge on any atom is 0.279 e. The zero-order chi connectivity index (χ0) is 19.1. The van der Waals surface area contributed by atoms with Crippen LogP contribution in [0.4, 0.5) is 5.69 Å². The Kier molecular flexibility index (Phi) is 6.64. The van der Waals surface area contributed by atoms with Gasteiger partial charge in [-0.15, -0.1) is 0 Å². The normalized spacial score (nSPS) is 11.8. The average Bonchev–Trinajstić information content (AvgIpc) is 2.69. The molecule has 0 fully saturated rings. The van der Waals surface area contributed by atoms with Crippen LogP contribution in [0, 0.1) is 0 Å². The number of quaternary nitrogens is 1. The van der Waals surface area contributed by atoms with E-state index in [1.54, 1.807) is 0 Å². The molecule has 1 amide bonds. The predicted octanol–water partition coefficient (Wildman–Crippen LogP) is 4.19. The molecule has 0 bridgehead atoms. The fraction of sp³-hybridized carbons (Fsp3) is 0.174. The van der Waals surface area contributed by atoms with E-state index in [-0.39, 0.29) is 11.9 Å². The molecule has 138 valence electrons. The van der Waals surface area contributed by atoms with Crippen molar-refractivity contribution in [3.05, 3.63) is 101 Å². The van der Waals surface area contributed by atoms with Gasteiger partial charge in [-0.1, -0.05) is 72.3 Å². The summed E-state index contributed by atoms with van der Waals surface area (Å²) in [5, 5.41) is 5.80. The Hall–Kier alpha value is -2.62. The zero-order valence-corrected chi connectivity index (χ0v) is 16.1. The van der Waals surface area contributed by atoms with Crippen LogP contribution in [0.2, 0.25) is 5.02 Å². The number of nitrogens with two attached hydrogens (primary N) is 1. The SMILES string of the molecule is C[C@@H]([NH2+]CC(=O)Nc1ccccc1Cc1ccccc1)c1ccc(Cl)cc1. The van der Waals surface area contributed by atoms with Crippen molar-refractivity contribution in [3.8, 4) is 0 Å². The summed E-state index contributed by atoms with van der Waals surface area (Å²) in [5.74, 6) is -0.00340. The molecule has 3 aromatic carbocycles. The molecule has 4 heteroatoms. The number of carbonyl (C=O) groups excluding carboxylic acids is 1.